The van der Waals surface area contributed by atoms with Gasteiger partial charge in [0, 0.05) is 11.4 Å². The zero-order valence-corrected chi connectivity index (χ0v) is 12.6. The molecule has 4 heteroatoms. The minimum atomic E-state index is -0.710. The number of ether oxygens (including phenoxy) is 1. The van der Waals surface area contributed by atoms with E-state index < -0.39 is 6.10 Å². The molecule has 0 radical (unpaired) electrons. The van der Waals surface area contributed by atoms with Crippen LogP contribution in [0, 0.1) is 5.82 Å². The van der Waals surface area contributed by atoms with Crippen LogP contribution >= 0.6 is 11.6 Å². The highest BCUT2D eigenvalue weighted by Gasteiger charge is 2.12. The molecule has 0 fully saturated rings. The van der Waals surface area contributed by atoms with Gasteiger partial charge in [-0.2, -0.15) is 0 Å². The number of aliphatic hydroxyl groups is 1. The van der Waals surface area contributed by atoms with E-state index >= 15 is 0 Å². The van der Waals surface area contributed by atoms with Gasteiger partial charge in [-0.05, 0) is 41.8 Å². The molecule has 1 unspecified atom stereocenters. The number of hydrogen-bond acceptors (Lipinski definition) is 2. The van der Waals surface area contributed by atoms with Crippen LogP contribution in [0.2, 0.25) is 5.02 Å². The van der Waals surface area contributed by atoms with Gasteiger partial charge in [0.1, 0.15) is 11.6 Å². The summed E-state index contributed by atoms with van der Waals surface area (Å²) in [5, 5.41) is 10.6. The van der Waals surface area contributed by atoms with Crippen LogP contribution < -0.4 is 4.74 Å². The van der Waals surface area contributed by atoms with E-state index in [1.165, 1.54) is 12.1 Å². The molecule has 2 nitrogen and oxygen atoms in total. The summed E-state index contributed by atoms with van der Waals surface area (Å²) in [7, 11) is 0. The molecule has 0 aliphatic rings. The van der Waals surface area contributed by atoms with E-state index in [0.717, 1.165) is 17.7 Å². The first-order chi connectivity index (χ1) is 10.1. The van der Waals surface area contributed by atoms with Gasteiger partial charge in [0.15, 0.2) is 0 Å². The van der Waals surface area contributed by atoms with Crippen LogP contribution in [-0.4, -0.2) is 11.7 Å². The van der Waals surface area contributed by atoms with Gasteiger partial charge in [-0.3, -0.25) is 0 Å². The molecule has 112 valence electrons. The van der Waals surface area contributed by atoms with Gasteiger partial charge in [0.25, 0.3) is 0 Å². The second-order valence-electron chi connectivity index (χ2n) is 4.88. The van der Waals surface area contributed by atoms with Crippen molar-refractivity contribution in [1.82, 2.24) is 0 Å². The van der Waals surface area contributed by atoms with Crippen molar-refractivity contribution in [2.24, 2.45) is 0 Å². The predicted octanol–water partition coefficient (Wildman–Crippen LogP) is 4.54. The zero-order valence-electron chi connectivity index (χ0n) is 11.9. The van der Waals surface area contributed by atoms with Crippen molar-refractivity contribution in [3.05, 3.63) is 64.4 Å². The Kier molecular flexibility index (Phi) is 5.59. The van der Waals surface area contributed by atoms with Crippen LogP contribution in [0.4, 0.5) is 4.39 Å². The zero-order chi connectivity index (χ0) is 15.2. The first-order valence-corrected chi connectivity index (χ1v) is 7.32. The average Bonchev–Trinajstić information content (AvgIpc) is 2.48. The lowest BCUT2D eigenvalue weighted by atomic mass is 10.0. The standard InChI is InChI=1S/C17H18ClFO2/c1-2-8-21-15-5-3-4-13(9-15)17(20)10-12-6-7-14(19)11-16(12)18/h3-7,9,11,17,20H,2,8,10H2,1H3. The Morgan fingerprint density at radius 1 is 1.24 bits per heavy atom. The lowest BCUT2D eigenvalue weighted by Gasteiger charge is -2.14. The van der Waals surface area contributed by atoms with Gasteiger partial charge in [-0.25, -0.2) is 4.39 Å². The largest absolute Gasteiger partial charge is 0.494 e. The Morgan fingerprint density at radius 3 is 2.76 bits per heavy atom. The Hall–Kier alpha value is -1.58. The second kappa shape index (κ2) is 7.43. The maximum Gasteiger partial charge on any atom is 0.124 e. The molecule has 0 saturated carbocycles. The van der Waals surface area contributed by atoms with Crippen molar-refractivity contribution < 1.29 is 14.2 Å². The molecule has 0 amide bonds. The molecule has 0 aliphatic heterocycles. The summed E-state index contributed by atoms with van der Waals surface area (Å²) in [4.78, 5) is 0. The number of halogens is 2. The normalized spacial score (nSPS) is 12.2. The maximum absolute atomic E-state index is 13.0. The molecular formula is C17H18ClFO2. The minimum Gasteiger partial charge on any atom is -0.494 e. The van der Waals surface area contributed by atoms with E-state index in [9.17, 15) is 9.50 Å². The lowest BCUT2D eigenvalue weighted by molar-refractivity contribution is 0.178. The summed E-state index contributed by atoms with van der Waals surface area (Å²) in [5.74, 6) is 0.354. The molecule has 0 bridgehead atoms. The molecule has 21 heavy (non-hydrogen) atoms. The average molecular weight is 309 g/mol. The summed E-state index contributed by atoms with van der Waals surface area (Å²) in [6, 6.07) is 11.5. The third kappa shape index (κ3) is 4.45. The van der Waals surface area contributed by atoms with Crippen molar-refractivity contribution in [3.8, 4) is 5.75 Å². The molecular weight excluding hydrogens is 291 g/mol. The molecule has 0 saturated heterocycles. The summed E-state index contributed by atoms with van der Waals surface area (Å²) >= 11 is 5.99. The number of rotatable bonds is 6. The van der Waals surface area contributed by atoms with Crippen LogP contribution in [-0.2, 0) is 6.42 Å². The van der Waals surface area contributed by atoms with Gasteiger partial charge in [-0.15, -0.1) is 0 Å². The molecule has 2 aromatic rings. The molecule has 0 spiro atoms. The van der Waals surface area contributed by atoms with E-state index in [4.69, 9.17) is 16.3 Å². The van der Waals surface area contributed by atoms with E-state index in [1.807, 2.05) is 31.2 Å². The fourth-order valence-electron chi connectivity index (χ4n) is 2.04. The topological polar surface area (TPSA) is 29.5 Å². The maximum atomic E-state index is 13.0. The van der Waals surface area contributed by atoms with E-state index in [-0.39, 0.29) is 5.82 Å². The summed E-state index contributed by atoms with van der Waals surface area (Å²) in [5.41, 5.74) is 1.47. The van der Waals surface area contributed by atoms with Crippen molar-refractivity contribution >= 4 is 11.6 Å². The predicted molar refractivity (Wildman–Crippen MR) is 82.3 cm³/mol. The fourth-order valence-corrected chi connectivity index (χ4v) is 2.29. The Bertz CT molecular complexity index is 601. The number of hydrogen-bond donors (Lipinski definition) is 1. The smallest absolute Gasteiger partial charge is 0.124 e. The van der Waals surface area contributed by atoms with E-state index in [2.05, 4.69) is 0 Å². The minimum absolute atomic E-state index is 0.326. The van der Waals surface area contributed by atoms with Gasteiger partial charge in [-0.1, -0.05) is 36.7 Å². The van der Waals surface area contributed by atoms with Crippen molar-refractivity contribution in [2.75, 3.05) is 6.61 Å². The highest BCUT2D eigenvalue weighted by atomic mass is 35.5. The summed E-state index contributed by atoms with van der Waals surface area (Å²) in [6.07, 6.45) is 0.548. The number of benzene rings is 2. The first-order valence-electron chi connectivity index (χ1n) is 6.95. The monoisotopic (exact) mass is 308 g/mol. The highest BCUT2D eigenvalue weighted by Crippen LogP contribution is 2.26. The molecule has 1 N–H and O–H groups in total. The highest BCUT2D eigenvalue weighted by molar-refractivity contribution is 6.31. The van der Waals surface area contributed by atoms with Crippen LogP contribution in [0.25, 0.3) is 0 Å². The second-order valence-corrected chi connectivity index (χ2v) is 5.28. The third-order valence-electron chi connectivity index (χ3n) is 3.14. The van der Waals surface area contributed by atoms with Crippen LogP contribution in [0.1, 0.15) is 30.6 Å². The van der Waals surface area contributed by atoms with Crippen LogP contribution in [0.3, 0.4) is 0 Å². The summed E-state index contributed by atoms with van der Waals surface area (Å²) in [6.45, 7) is 2.68. The quantitative estimate of drug-likeness (QED) is 0.848. The lowest BCUT2D eigenvalue weighted by Crippen LogP contribution is -2.03. The molecule has 0 aromatic heterocycles. The first kappa shape index (κ1) is 15.8. The fraction of sp³-hybridized carbons (Fsp3) is 0.294. The van der Waals surface area contributed by atoms with Gasteiger partial charge in [0.05, 0.1) is 12.7 Å². The molecule has 2 aromatic carbocycles. The van der Waals surface area contributed by atoms with Crippen LogP contribution in [0.5, 0.6) is 5.75 Å². The Labute approximate surface area is 129 Å². The number of aliphatic hydroxyl groups excluding tert-OH is 1. The van der Waals surface area contributed by atoms with Crippen molar-refractivity contribution in [3.63, 3.8) is 0 Å². The Morgan fingerprint density at radius 2 is 2.05 bits per heavy atom. The van der Waals surface area contributed by atoms with E-state index in [0.29, 0.717) is 23.6 Å². The molecule has 0 heterocycles. The summed E-state index contributed by atoms with van der Waals surface area (Å²) < 4.78 is 18.6. The van der Waals surface area contributed by atoms with Gasteiger partial charge >= 0.3 is 0 Å². The van der Waals surface area contributed by atoms with Gasteiger partial charge < -0.3 is 9.84 Å². The van der Waals surface area contributed by atoms with Crippen LogP contribution in [0.15, 0.2) is 42.5 Å². The molecule has 0 aliphatic carbocycles. The van der Waals surface area contributed by atoms with Gasteiger partial charge in [0.2, 0.25) is 0 Å². The van der Waals surface area contributed by atoms with Crippen molar-refractivity contribution in [1.29, 1.82) is 0 Å². The SMILES string of the molecule is CCCOc1cccc(C(O)Cc2ccc(F)cc2Cl)c1. The van der Waals surface area contributed by atoms with E-state index in [1.54, 1.807) is 6.07 Å². The molecule has 1 atom stereocenters. The molecule has 2 rings (SSSR count). The Balaban J connectivity index is 2.10. The third-order valence-corrected chi connectivity index (χ3v) is 3.50. The van der Waals surface area contributed by atoms with Crippen molar-refractivity contribution in [2.45, 2.75) is 25.9 Å².